The Hall–Kier alpha value is -4.01. The summed E-state index contributed by atoms with van der Waals surface area (Å²) in [6, 6.07) is 12.0. The van der Waals surface area contributed by atoms with Gasteiger partial charge < -0.3 is 14.8 Å². The first-order valence-corrected chi connectivity index (χ1v) is 8.56. The first kappa shape index (κ1) is 21.3. The van der Waals surface area contributed by atoms with Crippen molar-refractivity contribution in [1.29, 1.82) is 0 Å². The van der Waals surface area contributed by atoms with Crippen molar-refractivity contribution in [2.24, 2.45) is 0 Å². The number of nitro benzene ring substituents is 1. The van der Waals surface area contributed by atoms with Gasteiger partial charge in [-0.25, -0.2) is 9.59 Å². The van der Waals surface area contributed by atoms with Crippen LogP contribution in [0.15, 0.2) is 54.6 Å². The van der Waals surface area contributed by atoms with Crippen LogP contribution in [-0.4, -0.2) is 36.0 Å². The first-order valence-electron chi connectivity index (χ1n) is 8.56. The SMILES string of the molecule is CCOC(=O)c1ccccc1NC(=O)COC(=O)/C=C/c1cccc([N+](=O)[O-])c1. The van der Waals surface area contributed by atoms with E-state index in [1.807, 2.05) is 0 Å². The largest absolute Gasteiger partial charge is 0.462 e. The van der Waals surface area contributed by atoms with Crippen molar-refractivity contribution in [2.45, 2.75) is 6.92 Å². The Bertz CT molecular complexity index is 953. The van der Waals surface area contributed by atoms with Crippen LogP contribution in [0.2, 0.25) is 0 Å². The minimum Gasteiger partial charge on any atom is -0.462 e. The van der Waals surface area contributed by atoms with Crippen molar-refractivity contribution < 1.29 is 28.8 Å². The predicted octanol–water partition coefficient (Wildman–Crippen LogP) is 2.97. The molecule has 0 unspecified atom stereocenters. The molecule has 2 rings (SSSR count). The van der Waals surface area contributed by atoms with Gasteiger partial charge in [0.25, 0.3) is 11.6 Å². The highest BCUT2D eigenvalue weighted by Crippen LogP contribution is 2.16. The number of hydrogen-bond donors (Lipinski definition) is 1. The predicted molar refractivity (Wildman–Crippen MR) is 104 cm³/mol. The Morgan fingerprint density at radius 1 is 1.10 bits per heavy atom. The van der Waals surface area contributed by atoms with Crippen LogP contribution in [-0.2, 0) is 19.1 Å². The molecule has 2 aromatic rings. The van der Waals surface area contributed by atoms with E-state index in [0.717, 1.165) is 6.08 Å². The molecule has 1 amide bonds. The molecule has 1 N–H and O–H groups in total. The summed E-state index contributed by atoms with van der Waals surface area (Å²) in [4.78, 5) is 45.8. The van der Waals surface area contributed by atoms with Gasteiger partial charge in [-0.3, -0.25) is 14.9 Å². The third-order valence-corrected chi connectivity index (χ3v) is 3.53. The number of nitrogens with zero attached hydrogens (tertiary/aromatic N) is 1. The van der Waals surface area contributed by atoms with E-state index in [0.29, 0.717) is 5.56 Å². The molecule has 150 valence electrons. The second kappa shape index (κ2) is 10.4. The highest BCUT2D eigenvalue weighted by Gasteiger charge is 2.14. The summed E-state index contributed by atoms with van der Waals surface area (Å²) in [5, 5.41) is 13.2. The van der Waals surface area contributed by atoms with Crippen molar-refractivity contribution in [1.82, 2.24) is 0 Å². The van der Waals surface area contributed by atoms with Gasteiger partial charge in [0.1, 0.15) is 0 Å². The standard InChI is InChI=1S/C20H18N2O7/c1-2-28-20(25)16-8-3-4-9-17(16)21-18(23)13-29-19(24)11-10-14-6-5-7-15(12-14)22(26)27/h3-12H,2,13H2,1H3,(H,21,23)/b11-10+. The Kier molecular flexibility index (Phi) is 7.60. The number of ether oxygens (including phenoxy) is 2. The number of nitrogens with one attached hydrogen (secondary N) is 1. The average molecular weight is 398 g/mol. The van der Waals surface area contributed by atoms with Crippen molar-refractivity contribution in [2.75, 3.05) is 18.5 Å². The number of non-ortho nitro benzene ring substituents is 1. The summed E-state index contributed by atoms with van der Waals surface area (Å²) in [6.45, 7) is 1.28. The van der Waals surface area contributed by atoms with Gasteiger partial charge in [0.05, 0.1) is 22.8 Å². The summed E-state index contributed by atoms with van der Waals surface area (Å²) < 4.78 is 9.75. The molecule has 0 bridgehead atoms. The van der Waals surface area contributed by atoms with Crippen LogP contribution in [0.4, 0.5) is 11.4 Å². The lowest BCUT2D eigenvalue weighted by Crippen LogP contribution is -2.21. The number of carbonyl (C=O) groups is 3. The van der Waals surface area contributed by atoms with Gasteiger partial charge in [-0.2, -0.15) is 0 Å². The van der Waals surface area contributed by atoms with E-state index in [2.05, 4.69) is 5.32 Å². The van der Waals surface area contributed by atoms with Gasteiger partial charge in [0.2, 0.25) is 0 Å². The minimum absolute atomic E-state index is 0.111. The molecule has 0 aromatic heterocycles. The van der Waals surface area contributed by atoms with Gasteiger partial charge in [-0.05, 0) is 30.7 Å². The molecule has 0 heterocycles. The monoisotopic (exact) mass is 398 g/mol. The Labute approximate surface area is 166 Å². The van der Waals surface area contributed by atoms with Gasteiger partial charge in [-0.15, -0.1) is 0 Å². The lowest BCUT2D eigenvalue weighted by molar-refractivity contribution is -0.384. The van der Waals surface area contributed by atoms with Gasteiger partial charge in [0, 0.05) is 18.2 Å². The smallest absolute Gasteiger partial charge is 0.340 e. The van der Waals surface area contributed by atoms with E-state index in [1.54, 1.807) is 25.1 Å². The van der Waals surface area contributed by atoms with Crippen LogP contribution in [0, 0.1) is 10.1 Å². The Morgan fingerprint density at radius 2 is 1.86 bits per heavy atom. The topological polar surface area (TPSA) is 125 Å². The molecule has 0 saturated carbocycles. The molecule has 2 aromatic carbocycles. The van der Waals surface area contributed by atoms with E-state index in [-0.39, 0.29) is 23.5 Å². The van der Waals surface area contributed by atoms with Crippen molar-refractivity contribution in [3.63, 3.8) is 0 Å². The molecule has 0 aliphatic rings. The van der Waals surface area contributed by atoms with E-state index in [1.165, 1.54) is 36.4 Å². The van der Waals surface area contributed by atoms with Crippen LogP contribution in [0.5, 0.6) is 0 Å². The third kappa shape index (κ3) is 6.58. The second-order valence-corrected chi connectivity index (χ2v) is 5.61. The maximum absolute atomic E-state index is 12.0. The quantitative estimate of drug-likeness (QED) is 0.314. The lowest BCUT2D eigenvalue weighted by Gasteiger charge is -2.10. The fraction of sp³-hybridized carbons (Fsp3) is 0.150. The summed E-state index contributed by atoms with van der Waals surface area (Å²) in [6.07, 6.45) is 2.39. The Balaban J connectivity index is 1.91. The normalized spacial score (nSPS) is 10.4. The number of hydrogen-bond acceptors (Lipinski definition) is 7. The van der Waals surface area contributed by atoms with Crippen molar-refractivity contribution in [3.05, 3.63) is 75.8 Å². The van der Waals surface area contributed by atoms with E-state index >= 15 is 0 Å². The molecule has 0 fully saturated rings. The van der Waals surface area contributed by atoms with Crippen LogP contribution in [0.1, 0.15) is 22.8 Å². The Morgan fingerprint density at radius 3 is 2.59 bits per heavy atom. The molecule has 0 saturated heterocycles. The summed E-state index contributed by atoms with van der Waals surface area (Å²) in [5.74, 6) is -2.02. The van der Waals surface area contributed by atoms with Gasteiger partial charge >= 0.3 is 11.9 Å². The zero-order valence-corrected chi connectivity index (χ0v) is 15.5. The molecule has 0 spiro atoms. The number of esters is 2. The van der Waals surface area contributed by atoms with Crippen LogP contribution < -0.4 is 5.32 Å². The van der Waals surface area contributed by atoms with E-state index in [9.17, 15) is 24.5 Å². The molecule has 0 radical (unpaired) electrons. The van der Waals surface area contributed by atoms with Gasteiger partial charge in [-0.1, -0.05) is 24.3 Å². The molecule has 0 atom stereocenters. The van der Waals surface area contributed by atoms with Gasteiger partial charge in [0.15, 0.2) is 6.61 Å². The van der Waals surface area contributed by atoms with E-state index < -0.39 is 29.4 Å². The molecule has 0 aliphatic carbocycles. The number of benzene rings is 2. The molecule has 29 heavy (non-hydrogen) atoms. The van der Waals surface area contributed by atoms with E-state index in [4.69, 9.17) is 9.47 Å². The van der Waals surface area contributed by atoms with Crippen LogP contribution in [0.25, 0.3) is 6.08 Å². The number of anilines is 1. The van der Waals surface area contributed by atoms with Crippen LogP contribution in [0.3, 0.4) is 0 Å². The maximum Gasteiger partial charge on any atom is 0.340 e. The number of amides is 1. The fourth-order valence-electron chi connectivity index (χ4n) is 2.26. The van der Waals surface area contributed by atoms with Crippen molar-refractivity contribution >= 4 is 35.3 Å². The fourth-order valence-corrected chi connectivity index (χ4v) is 2.26. The minimum atomic E-state index is -0.801. The lowest BCUT2D eigenvalue weighted by atomic mass is 10.2. The molecule has 0 aliphatic heterocycles. The molecular formula is C20H18N2O7. The average Bonchev–Trinajstić information content (AvgIpc) is 2.71. The third-order valence-electron chi connectivity index (χ3n) is 3.53. The highest BCUT2D eigenvalue weighted by atomic mass is 16.6. The number of para-hydroxylation sites is 1. The van der Waals surface area contributed by atoms with Crippen molar-refractivity contribution in [3.8, 4) is 0 Å². The molecule has 9 heteroatoms. The highest BCUT2D eigenvalue weighted by molar-refractivity contribution is 6.02. The summed E-state index contributed by atoms with van der Waals surface area (Å²) >= 11 is 0. The summed E-state index contributed by atoms with van der Waals surface area (Å²) in [5.41, 5.74) is 0.739. The number of nitro groups is 1. The maximum atomic E-state index is 12.0. The second-order valence-electron chi connectivity index (χ2n) is 5.61. The number of carbonyl (C=O) groups excluding carboxylic acids is 3. The van der Waals surface area contributed by atoms with Crippen LogP contribution >= 0.6 is 0 Å². The zero-order valence-electron chi connectivity index (χ0n) is 15.5. The number of rotatable bonds is 8. The summed E-state index contributed by atoms with van der Waals surface area (Å²) in [7, 11) is 0. The zero-order chi connectivity index (χ0) is 21.2. The molecule has 9 nitrogen and oxygen atoms in total. The first-order chi connectivity index (χ1) is 13.9. The molecular weight excluding hydrogens is 380 g/mol.